The van der Waals surface area contributed by atoms with Gasteiger partial charge in [-0.3, -0.25) is 4.79 Å². The maximum atomic E-state index is 11.6. The monoisotopic (exact) mass is 448 g/mol. The maximum Gasteiger partial charge on any atom is 0.244 e. The van der Waals surface area contributed by atoms with Gasteiger partial charge in [0.1, 0.15) is 11.9 Å². The van der Waals surface area contributed by atoms with Crippen LogP contribution >= 0.6 is 11.3 Å². The minimum atomic E-state index is -0.186. The molecule has 2 aliphatic heterocycles. The number of piperazine rings is 1. The molecule has 1 atom stereocenters. The van der Waals surface area contributed by atoms with E-state index >= 15 is 0 Å². The van der Waals surface area contributed by atoms with Crippen LogP contribution in [0.1, 0.15) is 11.9 Å². The number of amides is 1. The smallest absolute Gasteiger partial charge is 0.244 e. The molecule has 1 aromatic heterocycles. The first kappa shape index (κ1) is 21.0. The third kappa shape index (κ3) is 4.23. The zero-order chi connectivity index (χ0) is 22.2. The molecule has 6 nitrogen and oxygen atoms in total. The Balaban J connectivity index is 1.44. The third-order valence-electron chi connectivity index (χ3n) is 6.24. The van der Waals surface area contributed by atoms with Crippen LogP contribution in [0.4, 0.5) is 5.69 Å². The normalized spacial score (nSPS) is 18.0. The quantitative estimate of drug-likeness (QED) is 0.643. The number of ether oxygens (including phenoxy) is 1. The molecule has 0 saturated carbocycles. The summed E-state index contributed by atoms with van der Waals surface area (Å²) in [4.78, 5) is 21.1. The third-order valence-corrected chi connectivity index (χ3v) is 7.24. The molecule has 2 aliphatic rings. The summed E-state index contributed by atoms with van der Waals surface area (Å²) in [5, 5.41) is 3.83. The number of rotatable bonds is 5. The van der Waals surface area contributed by atoms with E-state index in [0.29, 0.717) is 6.54 Å². The summed E-state index contributed by atoms with van der Waals surface area (Å²) >= 11 is 1.64. The van der Waals surface area contributed by atoms with E-state index in [-0.39, 0.29) is 12.0 Å². The van der Waals surface area contributed by atoms with Crippen molar-refractivity contribution in [1.29, 1.82) is 0 Å². The summed E-state index contributed by atoms with van der Waals surface area (Å²) in [5.74, 6) is 0.766. The molecule has 1 N–H and O–H groups in total. The number of thiazole rings is 1. The number of hydrogen-bond donors (Lipinski definition) is 1. The van der Waals surface area contributed by atoms with E-state index in [1.165, 1.54) is 5.69 Å². The molecule has 5 rings (SSSR count). The number of carbonyl (C=O) groups is 1. The molecule has 32 heavy (non-hydrogen) atoms. The fourth-order valence-corrected chi connectivity index (χ4v) is 5.14. The Morgan fingerprint density at radius 1 is 1.09 bits per heavy atom. The van der Waals surface area contributed by atoms with Crippen LogP contribution in [0.2, 0.25) is 0 Å². The fraction of sp³-hybridized carbons (Fsp3) is 0.360. The van der Waals surface area contributed by atoms with Crippen molar-refractivity contribution in [3.8, 4) is 16.9 Å². The van der Waals surface area contributed by atoms with Gasteiger partial charge in [-0.2, -0.15) is 0 Å². The molecule has 0 aliphatic carbocycles. The zero-order valence-corrected chi connectivity index (χ0v) is 19.5. The fourth-order valence-electron chi connectivity index (χ4n) is 4.28. The van der Waals surface area contributed by atoms with Crippen molar-refractivity contribution >= 4 is 33.1 Å². The van der Waals surface area contributed by atoms with Crippen molar-refractivity contribution in [2.24, 2.45) is 0 Å². The Bertz CT molecular complexity index is 1180. The highest BCUT2D eigenvalue weighted by Gasteiger charge is 2.20. The lowest BCUT2D eigenvalue weighted by Crippen LogP contribution is -2.44. The van der Waals surface area contributed by atoms with Gasteiger partial charge >= 0.3 is 0 Å². The van der Waals surface area contributed by atoms with Crippen molar-refractivity contribution < 1.29 is 9.53 Å². The first-order chi connectivity index (χ1) is 15.5. The number of aryl methyl sites for hydroxylation is 1. The molecular formula is C25H28N4O2S. The summed E-state index contributed by atoms with van der Waals surface area (Å²) in [5.41, 5.74) is 5.41. The van der Waals surface area contributed by atoms with Crippen molar-refractivity contribution in [3.05, 3.63) is 53.1 Å². The number of hydrogen-bond acceptors (Lipinski definition) is 6. The highest BCUT2D eigenvalue weighted by Crippen LogP contribution is 2.37. The lowest BCUT2D eigenvalue weighted by molar-refractivity contribution is -0.115. The highest BCUT2D eigenvalue weighted by atomic mass is 32.1. The molecule has 3 aromatic rings. The number of nitrogens with one attached hydrogen (secondary N) is 1. The molecule has 166 valence electrons. The molecule has 7 heteroatoms. The second-order valence-corrected chi connectivity index (χ2v) is 9.79. The zero-order valence-electron chi connectivity index (χ0n) is 18.7. The minimum Gasteiger partial charge on any atom is -0.485 e. The Morgan fingerprint density at radius 3 is 2.53 bits per heavy atom. The molecule has 1 saturated heterocycles. The number of anilines is 1. The summed E-state index contributed by atoms with van der Waals surface area (Å²) in [6.45, 7) is 8.86. The Kier molecular flexibility index (Phi) is 5.61. The van der Waals surface area contributed by atoms with Gasteiger partial charge in [-0.25, -0.2) is 4.98 Å². The van der Waals surface area contributed by atoms with E-state index < -0.39 is 0 Å². The van der Waals surface area contributed by atoms with Gasteiger partial charge in [-0.1, -0.05) is 12.1 Å². The van der Waals surface area contributed by atoms with E-state index in [4.69, 9.17) is 9.72 Å². The van der Waals surface area contributed by atoms with Crippen LogP contribution in [0.5, 0.6) is 5.75 Å². The van der Waals surface area contributed by atoms with Gasteiger partial charge in [0, 0.05) is 44.5 Å². The minimum absolute atomic E-state index is 0.0524. The Hall–Kier alpha value is -2.90. The van der Waals surface area contributed by atoms with E-state index in [0.717, 1.165) is 63.9 Å². The van der Waals surface area contributed by atoms with Crippen LogP contribution < -0.4 is 15.0 Å². The lowest BCUT2D eigenvalue weighted by Gasteiger charge is -2.34. The van der Waals surface area contributed by atoms with E-state index in [1.54, 1.807) is 17.4 Å². The standard InChI is InChI=1S/C25H28N4O2S/c1-16(20-14-24(30)26-15-20)31-23-13-19(12-22-25(23)32-17(2)27-22)18-4-6-21(7-5-18)29-10-8-28(3)9-11-29/h4-7,12-14,16H,8-11,15H2,1-3H3,(H,26,30)/t16-/m1/s1. The van der Waals surface area contributed by atoms with Gasteiger partial charge in [0.05, 0.1) is 15.2 Å². The number of fused-ring (bicyclic) bond motifs is 1. The average molecular weight is 449 g/mol. The first-order valence-electron chi connectivity index (χ1n) is 11.1. The number of nitrogens with zero attached hydrogens (tertiary/aromatic N) is 3. The molecule has 1 amide bonds. The molecule has 0 unspecified atom stereocenters. The topological polar surface area (TPSA) is 57.7 Å². The summed E-state index contributed by atoms with van der Waals surface area (Å²) < 4.78 is 7.41. The van der Waals surface area contributed by atoms with Crippen molar-refractivity contribution in [1.82, 2.24) is 15.2 Å². The average Bonchev–Trinajstić information content (AvgIpc) is 3.39. The van der Waals surface area contributed by atoms with Gasteiger partial charge in [0.2, 0.25) is 5.91 Å². The van der Waals surface area contributed by atoms with Crippen LogP contribution in [0.15, 0.2) is 48.0 Å². The van der Waals surface area contributed by atoms with Gasteiger partial charge < -0.3 is 19.9 Å². The molecule has 2 aromatic carbocycles. The number of carbonyl (C=O) groups excluding carboxylic acids is 1. The van der Waals surface area contributed by atoms with Gasteiger partial charge in [-0.15, -0.1) is 11.3 Å². The van der Waals surface area contributed by atoms with Crippen LogP contribution in [-0.4, -0.2) is 61.7 Å². The second kappa shape index (κ2) is 8.56. The van der Waals surface area contributed by atoms with Gasteiger partial charge in [-0.05, 0) is 61.9 Å². The summed E-state index contributed by atoms with van der Waals surface area (Å²) in [6.07, 6.45) is 1.45. The van der Waals surface area contributed by atoms with Crippen LogP contribution in [0.3, 0.4) is 0 Å². The highest BCUT2D eigenvalue weighted by molar-refractivity contribution is 7.18. The number of likely N-dealkylation sites (N-methyl/N-ethyl adjacent to an activating group) is 1. The molecule has 3 heterocycles. The van der Waals surface area contributed by atoms with E-state index in [9.17, 15) is 4.79 Å². The molecule has 0 spiro atoms. The predicted molar refractivity (Wildman–Crippen MR) is 131 cm³/mol. The molecule has 0 bridgehead atoms. The summed E-state index contributed by atoms with van der Waals surface area (Å²) in [6, 6.07) is 13.0. The number of aromatic nitrogens is 1. The van der Waals surface area contributed by atoms with Crippen LogP contribution in [0.25, 0.3) is 21.3 Å². The second-order valence-electron chi connectivity index (χ2n) is 8.59. The maximum absolute atomic E-state index is 11.6. The number of benzene rings is 2. The first-order valence-corrected chi connectivity index (χ1v) is 11.9. The lowest BCUT2D eigenvalue weighted by atomic mass is 10.0. The predicted octanol–water partition coefficient (Wildman–Crippen LogP) is 3.85. The Labute approximate surface area is 192 Å². The summed E-state index contributed by atoms with van der Waals surface area (Å²) in [7, 11) is 2.18. The molecule has 0 radical (unpaired) electrons. The van der Waals surface area contributed by atoms with Crippen molar-refractivity contribution in [3.63, 3.8) is 0 Å². The SMILES string of the molecule is Cc1nc2cc(-c3ccc(N4CCN(C)CC4)cc3)cc(O[C@H](C)C3=CC(=O)NC3)c2s1. The van der Waals surface area contributed by atoms with Crippen LogP contribution in [-0.2, 0) is 4.79 Å². The largest absolute Gasteiger partial charge is 0.485 e. The molecule has 1 fully saturated rings. The van der Waals surface area contributed by atoms with Crippen molar-refractivity contribution in [2.45, 2.75) is 20.0 Å². The van der Waals surface area contributed by atoms with Gasteiger partial charge in [0.25, 0.3) is 0 Å². The van der Waals surface area contributed by atoms with E-state index in [1.807, 2.05) is 13.8 Å². The van der Waals surface area contributed by atoms with E-state index in [2.05, 4.69) is 58.6 Å². The van der Waals surface area contributed by atoms with Gasteiger partial charge in [0.15, 0.2) is 0 Å². The molecular weight excluding hydrogens is 420 g/mol. The van der Waals surface area contributed by atoms with Crippen LogP contribution in [0, 0.1) is 6.92 Å². The Morgan fingerprint density at radius 2 is 1.84 bits per heavy atom. The van der Waals surface area contributed by atoms with Crippen molar-refractivity contribution in [2.75, 3.05) is 44.7 Å².